The number of aromatic amines is 1. The number of nitrogens with one attached hydrogen (secondary N) is 2. The maximum absolute atomic E-state index is 13.2. The zero-order valence-corrected chi connectivity index (χ0v) is 17.2. The van der Waals surface area contributed by atoms with E-state index in [9.17, 15) is 14.4 Å². The Morgan fingerprint density at radius 1 is 1.24 bits per heavy atom. The molecule has 29 heavy (non-hydrogen) atoms. The van der Waals surface area contributed by atoms with Crippen molar-refractivity contribution in [1.82, 2.24) is 9.88 Å². The number of aryl methyl sites for hydroxylation is 1. The summed E-state index contributed by atoms with van der Waals surface area (Å²) in [7, 11) is 1.58. The Kier molecular flexibility index (Phi) is 5.36. The van der Waals surface area contributed by atoms with E-state index in [4.69, 9.17) is 4.74 Å². The van der Waals surface area contributed by atoms with Gasteiger partial charge in [0.2, 0.25) is 5.91 Å². The Bertz CT molecular complexity index is 967. The van der Waals surface area contributed by atoms with E-state index >= 15 is 0 Å². The van der Waals surface area contributed by atoms with Crippen LogP contribution >= 0.6 is 11.8 Å². The third kappa shape index (κ3) is 3.64. The van der Waals surface area contributed by atoms with Gasteiger partial charge >= 0.3 is 0 Å². The number of carbonyl (C=O) groups is 3. The molecule has 7 nitrogen and oxygen atoms in total. The summed E-state index contributed by atoms with van der Waals surface area (Å²) in [6.07, 6.45) is 2.09. The second-order valence-corrected chi connectivity index (χ2v) is 8.26. The van der Waals surface area contributed by atoms with Crippen LogP contribution in [0.2, 0.25) is 0 Å². The number of nitrogens with zero attached hydrogens (tertiary/aromatic N) is 1. The fourth-order valence-corrected chi connectivity index (χ4v) is 5.05. The maximum Gasteiger partial charge on any atom is 0.271 e. The highest BCUT2D eigenvalue weighted by Gasteiger charge is 2.37. The minimum Gasteiger partial charge on any atom is -0.497 e. The third-order valence-electron chi connectivity index (χ3n) is 5.45. The number of methoxy groups -OCH3 is 1. The molecule has 1 fully saturated rings. The lowest BCUT2D eigenvalue weighted by atomic mass is 9.93. The third-order valence-corrected chi connectivity index (χ3v) is 6.47. The van der Waals surface area contributed by atoms with Gasteiger partial charge in [-0.2, -0.15) is 0 Å². The molecule has 2 heterocycles. The van der Waals surface area contributed by atoms with Crippen molar-refractivity contribution in [2.24, 2.45) is 0 Å². The van der Waals surface area contributed by atoms with Crippen molar-refractivity contribution in [2.45, 2.75) is 32.2 Å². The smallest absolute Gasteiger partial charge is 0.271 e. The topological polar surface area (TPSA) is 91.5 Å². The molecule has 0 saturated carbocycles. The van der Waals surface area contributed by atoms with Gasteiger partial charge < -0.3 is 19.9 Å². The number of anilines is 1. The van der Waals surface area contributed by atoms with E-state index < -0.39 is 6.04 Å². The van der Waals surface area contributed by atoms with Crippen LogP contribution < -0.4 is 10.1 Å². The lowest BCUT2D eigenvalue weighted by Crippen LogP contribution is -2.44. The van der Waals surface area contributed by atoms with Gasteiger partial charge in [-0.15, -0.1) is 11.8 Å². The van der Waals surface area contributed by atoms with Crippen LogP contribution in [0.25, 0.3) is 0 Å². The van der Waals surface area contributed by atoms with E-state index in [0.717, 1.165) is 18.5 Å². The van der Waals surface area contributed by atoms with Gasteiger partial charge in [-0.05, 0) is 49.6 Å². The van der Waals surface area contributed by atoms with Crippen molar-refractivity contribution in [3.05, 3.63) is 46.8 Å². The van der Waals surface area contributed by atoms with Crippen molar-refractivity contribution in [2.75, 3.05) is 24.1 Å². The van der Waals surface area contributed by atoms with Crippen LogP contribution in [-0.4, -0.2) is 52.3 Å². The van der Waals surface area contributed by atoms with Crippen molar-refractivity contribution in [3.63, 3.8) is 0 Å². The molecular weight excluding hydrogens is 390 g/mol. The first kappa shape index (κ1) is 19.6. The first-order chi connectivity index (χ1) is 14.0. The molecule has 2 N–H and O–H groups in total. The van der Waals surface area contributed by atoms with E-state index in [0.29, 0.717) is 46.3 Å². The summed E-state index contributed by atoms with van der Waals surface area (Å²) in [6, 6.07) is 6.50. The predicted molar refractivity (Wildman–Crippen MR) is 112 cm³/mol. The number of hydrogen-bond donors (Lipinski definition) is 2. The molecular formula is C21H23N3O4S. The number of amides is 2. The Hall–Kier alpha value is -2.74. The number of thioether (sulfide) groups is 1. The monoisotopic (exact) mass is 413 g/mol. The van der Waals surface area contributed by atoms with E-state index in [1.807, 2.05) is 0 Å². The van der Waals surface area contributed by atoms with Crippen LogP contribution in [0.3, 0.4) is 0 Å². The molecule has 1 aliphatic heterocycles. The molecule has 1 saturated heterocycles. The molecule has 2 amide bonds. The lowest BCUT2D eigenvalue weighted by molar-refractivity contribution is -0.119. The maximum atomic E-state index is 13.2. The summed E-state index contributed by atoms with van der Waals surface area (Å²) < 4.78 is 5.13. The van der Waals surface area contributed by atoms with Crippen molar-refractivity contribution >= 4 is 35.0 Å². The van der Waals surface area contributed by atoms with Crippen LogP contribution in [0.4, 0.5) is 5.69 Å². The molecule has 1 aliphatic carbocycles. The van der Waals surface area contributed by atoms with Crippen LogP contribution in [-0.2, 0) is 11.2 Å². The number of aromatic nitrogens is 1. The standard InChI is InChI=1S/C21H23N3O4S/c1-12-18-15(4-3-5-17(18)25)23-19(12)21(27)24-11-29-10-16(24)20(26)22-13-6-8-14(28-2)9-7-13/h6-9,16,23H,3-5,10-11H2,1-2H3,(H,22,26). The van der Waals surface area contributed by atoms with Gasteiger partial charge in [-0.25, -0.2) is 0 Å². The normalized spacial score (nSPS) is 18.5. The molecule has 2 aromatic rings. The molecule has 8 heteroatoms. The summed E-state index contributed by atoms with van der Waals surface area (Å²) in [6.45, 7) is 1.81. The Labute approximate surface area is 173 Å². The Morgan fingerprint density at radius 3 is 2.69 bits per heavy atom. The highest BCUT2D eigenvalue weighted by molar-refractivity contribution is 7.99. The number of rotatable bonds is 4. The lowest BCUT2D eigenvalue weighted by Gasteiger charge is -2.23. The molecule has 0 radical (unpaired) electrons. The highest BCUT2D eigenvalue weighted by Crippen LogP contribution is 2.30. The molecule has 0 bridgehead atoms. The van der Waals surface area contributed by atoms with E-state index in [1.54, 1.807) is 55.0 Å². The Morgan fingerprint density at radius 2 is 2.00 bits per heavy atom. The zero-order valence-electron chi connectivity index (χ0n) is 16.4. The fourth-order valence-electron chi connectivity index (χ4n) is 3.89. The number of carbonyl (C=O) groups excluding carboxylic acids is 3. The predicted octanol–water partition coefficient (Wildman–Crippen LogP) is 3.00. The van der Waals surface area contributed by atoms with Gasteiger partial charge in [0, 0.05) is 29.1 Å². The number of fused-ring (bicyclic) bond motifs is 1. The average molecular weight is 413 g/mol. The molecule has 2 aliphatic rings. The van der Waals surface area contributed by atoms with Crippen molar-refractivity contribution < 1.29 is 19.1 Å². The van der Waals surface area contributed by atoms with Gasteiger partial charge in [0.05, 0.1) is 13.0 Å². The zero-order chi connectivity index (χ0) is 20.5. The number of H-pyrrole nitrogens is 1. The molecule has 1 aromatic heterocycles. The van der Waals surface area contributed by atoms with Crippen LogP contribution in [0.5, 0.6) is 5.75 Å². The van der Waals surface area contributed by atoms with E-state index in [1.165, 1.54) is 0 Å². The summed E-state index contributed by atoms with van der Waals surface area (Å²) in [5.41, 5.74) is 3.27. The summed E-state index contributed by atoms with van der Waals surface area (Å²) in [5.74, 6) is 1.31. The van der Waals surface area contributed by atoms with Gasteiger partial charge in [0.15, 0.2) is 5.78 Å². The molecule has 1 atom stereocenters. The minimum absolute atomic E-state index is 0.0867. The van der Waals surface area contributed by atoms with Gasteiger partial charge in [0.25, 0.3) is 5.91 Å². The van der Waals surface area contributed by atoms with Crippen LogP contribution in [0.1, 0.15) is 44.9 Å². The minimum atomic E-state index is -0.565. The number of Topliss-reactive ketones (excluding diaryl/α,β-unsaturated/α-hetero) is 1. The Balaban J connectivity index is 1.52. The summed E-state index contributed by atoms with van der Waals surface area (Å²) in [5, 5.41) is 2.88. The first-order valence-corrected chi connectivity index (χ1v) is 10.7. The van der Waals surface area contributed by atoms with E-state index in [2.05, 4.69) is 10.3 Å². The van der Waals surface area contributed by atoms with Gasteiger partial charge in [-0.3, -0.25) is 14.4 Å². The highest BCUT2D eigenvalue weighted by atomic mass is 32.2. The average Bonchev–Trinajstić information content (AvgIpc) is 3.34. The van der Waals surface area contributed by atoms with Crippen molar-refractivity contribution in [3.8, 4) is 5.75 Å². The molecule has 0 spiro atoms. The van der Waals surface area contributed by atoms with Gasteiger partial charge in [0.1, 0.15) is 17.5 Å². The van der Waals surface area contributed by atoms with Crippen LogP contribution in [0, 0.1) is 6.92 Å². The first-order valence-electron chi connectivity index (χ1n) is 9.58. The molecule has 1 unspecified atom stereocenters. The van der Waals surface area contributed by atoms with Crippen LogP contribution in [0.15, 0.2) is 24.3 Å². The second-order valence-electron chi connectivity index (χ2n) is 7.26. The molecule has 1 aromatic carbocycles. The number of ketones is 1. The quantitative estimate of drug-likeness (QED) is 0.804. The molecule has 4 rings (SSSR count). The summed E-state index contributed by atoms with van der Waals surface area (Å²) >= 11 is 1.54. The number of benzene rings is 1. The number of hydrogen-bond acceptors (Lipinski definition) is 5. The second kappa shape index (κ2) is 7.94. The van der Waals surface area contributed by atoms with Crippen molar-refractivity contribution in [1.29, 1.82) is 0 Å². The van der Waals surface area contributed by atoms with Gasteiger partial charge in [-0.1, -0.05) is 0 Å². The molecule has 152 valence electrons. The summed E-state index contributed by atoms with van der Waals surface area (Å²) in [4.78, 5) is 43.1. The van der Waals surface area contributed by atoms with E-state index in [-0.39, 0.29) is 17.6 Å². The fraction of sp³-hybridized carbons (Fsp3) is 0.381. The largest absolute Gasteiger partial charge is 0.497 e. The SMILES string of the molecule is COc1ccc(NC(=O)C2CSCN2C(=O)c2[nH]c3c(c2C)C(=O)CCC3)cc1. The number of ether oxygens (including phenoxy) is 1.